The zero-order valence-corrected chi connectivity index (χ0v) is 20.4. The second kappa shape index (κ2) is 9.38. The molecule has 3 N–H and O–H groups in total. The quantitative estimate of drug-likeness (QED) is 0.533. The molecule has 182 valence electrons. The number of carbonyl (C=O) groups is 2. The van der Waals surface area contributed by atoms with Crippen LogP contribution < -0.4 is 15.4 Å². The van der Waals surface area contributed by atoms with Crippen molar-refractivity contribution in [1.82, 2.24) is 10.6 Å². The molecule has 2 aromatic rings. The van der Waals surface area contributed by atoms with Crippen LogP contribution in [-0.2, 0) is 24.8 Å². The van der Waals surface area contributed by atoms with Crippen LogP contribution in [0.1, 0.15) is 37.9 Å². The molecule has 2 aromatic carbocycles. The molecular weight excluding hydrogens is 460 g/mol. The van der Waals surface area contributed by atoms with Crippen LogP contribution in [0.3, 0.4) is 0 Å². The SMILES string of the molecule is COC(=O)C1=C(CS(=O)(=O)c2ccc(C(C)(C)C)cc2)NC(=O)N[C@@H]1c1ccc(O)c(OC)c1. The lowest BCUT2D eigenvalue weighted by Crippen LogP contribution is -2.47. The number of phenols is 1. The number of rotatable bonds is 6. The molecule has 1 atom stereocenters. The Balaban J connectivity index is 2.07. The minimum atomic E-state index is -3.92. The van der Waals surface area contributed by atoms with Gasteiger partial charge in [0.1, 0.15) is 0 Å². The molecule has 0 radical (unpaired) electrons. The third-order valence-electron chi connectivity index (χ3n) is 5.51. The van der Waals surface area contributed by atoms with Gasteiger partial charge in [-0.3, -0.25) is 0 Å². The van der Waals surface area contributed by atoms with Crippen LogP contribution in [0.5, 0.6) is 11.5 Å². The van der Waals surface area contributed by atoms with Crippen molar-refractivity contribution >= 4 is 21.8 Å². The number of nitrogens with one attached hydrogen (secondary N) is 2. The molecule has 2 amide bonds. The summed E-state index contributed by atoms with van der Waals surface area (Å²) >= 11 is 0. The Kier molecular flexibility index (Phi) is 6.92. The van der Waals surface area contributed by atoms with E-state index >= 15 is 0 Å². The molecule has 1 heterocycles. The average Bonchev–Trinajstić information content (AvgIpc) is 2.77. The lowest BCUT2D eigenvalue weighted by atomic mass is 9.87. The van der Waals surface area contributed by atoms with E-state index in [-0.39, 0.29) is 33.1 Å². The number of amides is 2. The van der Waals surface area contributed by atoms with Gasteiger partial charge in [0.05, 0.1) is 36.5 Å². The van der Waals surface area contributed by atoms with Crippen LogP contribution in [0, 0.1) is 0 Å². The molecule has 0 fully saturated rings. The summed E-state index contributed by atoms with van der Waals surface area (Å²) in [6, 6.07) is 9.11. The van der Waals surface area contributed by atoms with E-state index in [0.717, 1.165) is 12.7 Å². The number of methoxy groups -OCH3 is 2. The zero-order valence-electron chi connectivity index (χ0n) is 19.6. The number of ether oxygens (including phenoxy) is 2. The summed E-state index contributed by atoms with van der Waals surface area (Å²) in [5.41, 5.74) is 1.06. The summed E-state index contributed by atoms with van der Waals surface area (Å²) < 4.78 is 36.4. The van der Waals surface area contributed by atoms with Gasteiger partial charge >= 0.3 is 12.0 Å². The number of carbonyl (C=O) groups excluding carboxylic acids is 2. The summed E-state index contributed by atoms with van der Waals surface area (Å²) in [5.74, 6) is -1.43. The molecule has 1 aliphatic rings. The summed E-state index contributed by atoms with van der Waals surface area (Å²) in [7, 11) is -1.39. The van der Waals surface area contributed by atoms with Gasteiger partial charge in [-0.25, -0.2) is 18.0 Å². The summed E-state index contributed by atoms with van der Waals surface area (Å²) in [6.45, 7) is 6.06. The largest absolute Gasteiger partial charge is 0.504 e. The predicted octanol–water partition coefficient (Wildman–Crippen LogP) is 2.95. The number of hydrogen-bond acceptors (Lipinski definition) is 7. The van der Waals surface area contributed by atoms with Gasteiger partial charge in [-0.05, 0) is 40.8 Å². The van der Waals surface area contributed by atoms with Gasteiger partial charge in [0.15, 0.2) is 21.3 Å². The highest BCUT2D eigenvalue weighted by Gasteiger charge is 2.36. The number of hydrogen-bond donors (Lipinski definition) is 3. The Labute approximate surface area is 198 Å². The monoisotopic (exact) mass is 488 g/mol. The van der Waals surface area contributed by atoms with E-state index in [9.17, 15) is 23.1 Å². The van der Waals surface area contributed by atoms with Crippen LogP contribution in [0.15, 0.2) is 58.6 Å². The number of phenolic OH excluding ortho intramolecular Hbond substituents is 1. The van der Waals surface area contributed by atoms with Gasteiger partial charge < -0.3 is 25.2 Å². The average molecular weight is 489 g/mol. The topological polar surface area (TPSA) is 131 Å². The maximum Gasteiger partial charge on any atom is 0.338 e. The summed E-state index contributed by atoms with van der Waals surface area (Å²) in [6.07, 6.45) is 0. The van der Waals surface area contributed by atoms with Crippen LogP contribution >= 0.6 is 0 Å². The van der Waals surface area contributed by atoms with E-state index in [1.165, 1.54) is 37.4 Å². The van der Waals surface area contributed by atoms with Gasteiger partial charge in [0.25, 0.3) is 0 Å². The van der Waals surface area contributed by atoms with Gasteiger partial charge in [0, 0.05) is 5.70 Å². The lowest BCUT2D eigenvalue weighted by molar-refractivity contribution is -0.136. The third-order valence-corrected chi connectivity index (χ3v) is 7.17. The molecule has 1 aliphatic heterocycles. The van der Waals surface area contributed by atoms with Crippen molar-refractivity contribution in [3.05, 3.63) is 64.9 Å². The highest BCUT2D eigenvalue weighted by Crippen LogP contribution is 2.34. The van der Waals surface area contributed by atoms with Crippen molar-refractivity contribution in [3.63, 3.8) is 0 Å². The zero-order chi connectivity index (χ0) is 25.3. The highest BCUT2D eigenvalue weighted by atomic mass is 32.2. The predicted molar refractivity (Wildman–Crippen MR) is 125 cm³/mol. The van der Waals surface area contributed by atoms with Gasteiger partial charge in [0.2, 0.25) is 0 Å². The van der Waals surface area contributed by atoms with E-state index in [1.807, 2.05) is 20.8 Å². The molecule has 0 unspecified atom stereocenters. The number of benzene rings is 2. The van der Waals surface area contributed by atoms with E-state index in [0.29, 0.717) is 5.56 Å². The Hall–Kier alpha value is -3.53. The number of esters is 1. The molecule has 0 saturated heterocycles. The van der Waals surface area contributed by atoms with Crippen molar-refractivity contribution in [2.24, 2.45) is 0 Å². The van der Waals surface area contributed by atoms with Crippen molar-refractivity contribution in [3.8, 4) is 11.5 Å². The molecule has 0 aliphatic carbocycles. The second-order valence-electron chi connectivity index (χ2n) is 8.88. The van der Waals surface area contributed by atoms with E-state index in [2.05, 4.69) is 10.6 Å². The Morgan fingerprint density at radius 2 is 1.74 bits per heavy atom. The van der Waals surface area contributed by atoms with Crippen LogP contribution in [0.2, 0.25) is 0 Å². The molecule has 34 heavy (non-hydrogen) atoms. The van der Waals surface area contributed by atoms with Crippen LogP contribution in [0.4, 0.5) is 4.79 Å². The fraction of sp³-hybridized carbons (Fsp3) is 0.333. The molecule has 9 nitrogen and oxygen atoms in total. The molecule has 0 bridgehead atoms. The first-order chi connectivity index (χ1) is 15.9. The Morgan fingerprint density at radius 1 is 1.09 bits per heavy atom. The number of sulfone groups is 1. The number of urea groups is 1. The third kappa shape index (κ3) is 5.17. The van der Waals surface area contributed by atoms with Gasteiger partial charge in [-0.2, -0.15) is 0 Å². The van der Waals surface area contributed by atoms with E-state index in [1.54, 1.807) is 12.1 Å². The summed E-state index contributed by atoms with van der Waals surface area (Å²) in [4.78, 5) is 25.2. The van der Waals surface area contributed by atoms with Crippen molar-refractivity contribution in [2.45, 2.75) is 37.1 Å². The van der Waals surface area contributed by atoms with E-state index in [4.69, 9.17) is 9.47 Å². The molecule has 10 heteroatoms. The molecule has 0 spiro atoms. The minimum Gasteiger partial charge on any atom is -0.504 e. The minimum absolute atomic E-state index is 0.0628. The standard InChI is InChI=1S/C24H28N2O7S/c1-24(2,3)15-7-9-16(10-8-15)34(30,31)13-17-20(22(28)33-5)21(26-23(29)25-17)14-6-11-18(27)19(12-14)32-4/h6-12,21,27H,13H2,1-5H3,(H2,25,26,29)/t21-/m1/s1. The smallest absolute Gasteiger partial charge is 0.338 e. The first-order valence-corrected chi connectivity index (χ1v) is 12.1. The Bertz CT molecular complexity index is 1240. The normalized spacial score (nSPS) is 16.5. The van der Waals surface area contributed by atoms with E-state index < -0.39 is 33.6 Å². The van der Waals surface area contributed by atoms with Gasteiger partial charge in [-0.1, -0.05) is 39.0 Å². The Morgan fingerprint density at radius 3 is 2.29 bits per heavy atom. The lowest BCUT2D eigenvalue weighted by Gasteiger charge is -2.29. The highest BCUT2D eigenvalue weighted by molar-refractivity contribution is 7.91. The van der Waals surface area contributed by atoms with Crippen molar-refractivity contribution in [2.75, 3.05) is 20.0 Å². The first kappa shape index (κ1) is 25.1. The van der Waals surface area contributed by atoms with Crippen LogP contribution in [-0.4, -0.2) is 45.5 Å². The van der Waals surface area contributed by atoms with Crippen molar-refractivity contribution in [1.29, 1.82) is 0 Å². The van der Waals surface area contributed by atoms with Gasteiger partial charge in [-0.15, -0.1) is 0 Å². The second-order valence-corrected chi connectivity index (χ2v) is 10.9. The fourth-order valence-corrected chi connectivity index (χ4v) is 4.97. The summed E-state index contributed by atoms with van der Waals surface area (Å²) in [5, 5.41) is 15.0. The molecule has 0 saturated carbocycles. The molecular formula is C24H28N2O7S. The van der Waals surface area contributed by atoms with Crippen molar-refractivity contribution < 1.29 is 32.6 Å². The maximum absolute atomic E-state index is 13.2. The maximum atomic E-state index is 13.2. The fourth-order valence-electron chi connectivity index (χ4n) is 3.64. The van der Waals surface area contributed by atoms with Crippen LogP contribution in [0.25, 0.3) is 0 Å². The molecule has 3 rings (SSSR count). The first-order valence-electron chi connectivity index (χ1n) is 10.5. The number of aromatic hydroxyl groups is 1. The molecule has 0 aromatic heterocycles.